The van der Waals surface area contributed by atoms with E-state index in [1.165, 1.54) is 0 Å². The number of benzene rings is 1. The second-order valence-corrected chi connectivity index (χ2v) is 7.11. The molecule has 2 aromatic rings. The first-order valence-corrected chi connectivity index (χ1v) is 9.89. The topological polar surface area (TPSA) is 54.5 Å². The molecule has 3 rings (SSSR count). The normalized spacial score (nSPS) is 16.5. The highest BCUT2D eigenvalue weighted by Gasteiger charge is 2.25. The van der Waals surface area contributed by atoms with Gasteiger partial charge in [-0.3, -0.25) is 9.78 Å². The van der Waals surface area contributed by atoms with E-state index in [1.54, 1.807) is 12.3 Å². The minimum absolute atomic E-state index is 0. The Labute approximate surface area is 177 Å². The summed E-state index contributed by atoms with van der Waals surface area (Å²) in [6.45, 7) is 2.80. The maximum Gasteiger partial charge on any atom is 0.226 e. The van der Waals surface area contributed by atoms with Crippen LogP contribution in [0.3, 0.4) is 0 Å². The highest BCUT2D eigenvalue weighted by molar-refractivity contribution is 6.32. The fourth-order valence-corrected chi connectivity index (χ4v) is 3.54. The van der Waals surface area contributed by atoms with Crippen molar-refractivity contribution in [3.8, 4) is 5.75 Å². The zero-order valence-corrected chi connectivity index (χ0v) is 17.4. The number of pyridine rings is 1. The van der Waals surface area contributed by atoms with E-state index in [1.807, 2.05) is 41.3 Å². The summed E-state index contributed by atoms with van der Waals surface area (Å²) in [6, 6.07) is 13.4. The van der Waals surface area contributed by atoms with Crippen LogP contribution in [0.4, 0.5) is 0 Å². The molecule has 1 aliphatic heterocycles. The molecule has 1 aromatic heterocycles. The van der Waals surface area contributed by atoms with E-state index in [0.29, 0.717) is 30.3 Å². The van der Waals surface area contributed by atoms with Crippen LogP contribution >= 0.6 is 24.0 Å². The number of hydrogen-bond acceptors (Lipinski definition) is 4. The van der Waals surface area contributed by atoms with Gasteiger partial charge in [-0.05, 0) is 56.6 Å². The Kier molecular flexibility index (Phi) is 9.55. The van der Waals surface area contributed by atoms with E-state index >= 15 is 0 Å². The molecule has 1 N–H and O–H groups in total. The lowest BCUT2D eigenvalue weighted by molar-refractivity contribution is -0.135. The van der Waals surface area contributed by atoms with Gasteiger partial charge in [-0.2, -0.15) is 0 Å². The smallest absolute Gasteiger partial charge is 0.226 e. The van der Waals surface area contributed by atoms with E-state index in [2.05, 4.69) is 10.3 Å². The molecule has 5 nitrogen and oxygen atoms in total. The largest absolute Gasteiger partial charge is 0.491 e. The number of amides is 1. The van der Waals surface area contributed by atoms with Crippen molar-refractivity contribution in [2.24, 2.45) is 0 Å². The Morgan fingerprint density at radius 2 is 2.00 bits per heavy atom. The second-order valence-electron chi connectivity index (χ2n) is 6.71. The van der Waals surface area contributed by atoms with Crippen molar-refractivity contribution in [3.63, 3.8) is 0 Å². The van der Waals surface area contributed by atoms with Crippen LogP contribution in [0, 0.1) is 0 Å². The third kappa shape index (κ3) is 6.66. The average molecular weight is 424 g/mol. The number of rotatable bonds is 7. The van der Waals surface area contributed by atoms with Crippen LogP contribution in [0.1, 0.15) is 31.4 Å². The van der Waals surface area contributed by atoms with E-state index in [0.717, 1.165) is 38.0 Å². The third-order valence-corrected chi connectivity index (χ3v) is 5.09. The number of carbonyl (C=O) groups excluding carboxylic acids is 1. The van der Waals surface area contributed by atoms with E-state index in [-0.39, 0.29) is 24.4 Å². The molecule has 0 spiro atoms. The molecule has 1 saturated heterocycles. The highest BCUT2D eigenvalue weighted by Crippen LogP contribution is 2.23. The van der Waals surface area contributed by atoms with Gasteiger partial charge in [-0.1, -0.05) is 29.8 Å². The number of nitrogens with zero attached hydrogens (tertiary/aromatic N) is 2. The van der Waals surface area contributed by atoms with E-state index in [9.17, 15) is 4.79 Å². The first-order valence-electron chi connectivity index (χ1n) is 9.51. The molecule has 28 heavy (non-hydrogen) atoms. The van der Waals surface area contributed by atoms with Crippen molar-refractivity contribution in [1.29, 1.82) is 0 Å². The molecule has 1 fully saturated rings. The third-order valence-electron chi connectivity index (χ3n) is 4.77. The first kappa shape index (κ1) is 22.5. The molecular weight excluding hydrogens is 397 g/mol. The lowest BCUT2D eigenvalue weighted by atomic mass is 10.1. The number of carbonyl (C=O) groups is 1. The summed E-state index contributed by atoms with van der Waals surface area (Å²) < 4.78 is 5.71. The summed E-state index contributed by atoms with van der Waals surface area (Å²) in [5, 5.41) is 3.97. The molecular formula is C21H27Cl2N3O2. The fraction of sp³-hybridized carbons (Fsp3) is 0.429. The summed E-state index contributed by atoms with van der Waals surface area (Å²) in [6.07, 6.45) is 5.14. The molecule has 1 aliphatic rings. The Morgan fingerprint density at radius 3 is 2.79 bits per heavy atom. The van der Waals surface area contributed by atoms with Gasteiger partial charge in [0.25, 0.3) is 0 Å². The molecule has 1 unspecified atom stereocenters. The van der Waals surface area contributed by atoms with Crippen LogP contribution in [0.2, 0.25) is 5.02 Å². The SMILES string of the molecule is Cl.O=C(CCOc1ccccc1Cl)N(Cc1ccccn1)C1CCCNCC1. The Hall–Kier alpha value is -1.82. The number of halogens is 2. The molecule has 152 valence electrons. The number of hydrogen-bond donors (Lipinski definition) is 1. The van der Waals surface area contributed by atoms with E-state index in [4.69, 9.17) is 16.3 Å². The van der Waals surface area contributed by atoms with Crippen LogP contribution in [0.5, 0.6) is 5.75 Å². The van der Waals surface area contributed by atoms with Gasteiger partial charge < -0.3 is 15.0 Å². The minimum Gasteiger partial charge on any atom is -0.491 e. The van der Waals surface area contributed by atoms with Crippen molar-refractivity contribution in [2.45, 2.75) is 38.3 Å². The fourth-order valence-electron chi connectivity index (χ4n) is 3.35. The van der Waals surface area contributed by atoms with Crippen LogP contribution < -0.4 is 10.1 Å². The molecule has 0 radical (unpaired) electrons. The molecule has 0 bridgehead atoms. The summed E-state index contributed by atoms with van der Waals surface area (Å²) >= 11 is 6.11. The summed E-state index contributed by atoms with van der Waals surface area (Å²) in [5.41, 5.74) is 0.912. The van der Waals surface area contributed by atoms with Crippen molar-refractivity contribution in [2.75, 3.05) is 19.7 Å². The van der Waals surface area contributed by atoms with Gasteiger partial charge in [0.05, 0.1) is 30.3 Å². The lowest BCUT2D eigenvalue weighted by Gasteiger charge is -2.31. The quantitative estimate of drug-likeness (QED) is 0.728. The van der Waals surface area contributed by atoms with Crippen molar-refractivity contribution in [3.05, 3.63) is 59.4 Å². The second kappa shape index (κ2) is 11.9. The minimum atomic E-state index is 0. The van der Waals surface area contributed by atoms with Crippen molar-refractivity contribution >= 4 is 29.9 Å². The van der Waals surface area contributed by atoms with Gasteiger partial charge >= 0.3 is 0 Å². The lowest BCUT2D eigenvalue weighted by Crippen LogP contribution is -2.41. The van der Waals surface area contributed by atoms with Gasteiger partial charge in [-0.25, -0.2) is 0 Å². The Morgan fingerprint density at radius 1 is 1.18 bits per heavy atom. The maximum atomic E-state index is 13.0. The van der Waals surface area contributed by atoms with Gasteiger partial charge in [0.15, 0.2) is 0 Å². The highest BCUT2D eigenvalue weighted by atomic mass is 35.5. The zero-order valence-electron chi connectivity index (χ0n) is 15.9. The van der Waals surface area contributed by atoms with Gasteiger partial charge in [-0.15, -0.1) is 12.4 Å². The predicted octanol–water partition coefficient (Wildman–Crippen LogP) is 4.10. The van der Waals surface area contributed by atoms with Crippen molar-refractivity contribution < 1.29 is 9.53 Å². The number of ether oxygens (including phenoxy) is 1. The zero-order chi connectivity index (χ0) is 18.9. The number of para-hydroxylation sites is 1. The van der Waals surface area contributed by atoms with Gasteiger partial charge in [0, 0.05) is 12.2 Å². The number of nitrogens with one attached hydrogen (secondary N) is 1. The first-order chi connectivity index (χ1) is 13.2. The van der Waals surface area contributed by atoms with Crippen LogP contribution in [0.25, 0.3) is 0 Å². The predicted molar refractivity (Wildman–Crippen MR) is 114 cm³/mol. The van der Waals surface area contributed by atoms with Gasteiger partial charge in [0.2, 0.25) is 5.91 Å². The maximum absolute atomic E-state index is 13.0. The number of aromatic nitrogens is 1. The molecule has 2 heterocycles. The molecule has 1 atom stereocenters. The molecule has 7 heteroatoms. The average Bonchev–Trinajstić information content (AvgIpc) is 2.97. The molecule has 0 aliphatic carbocycles. The van der Waals surface area contributed by atoms with Crippen LogP contribution in [-0.4, -0.2) is 41.5 Å². The van der Waals surface area contributed by atoms with Gasteiger partial charge in [0.1, 0.15) is 5.75 Å². The summed E-state index contributed by atoms with van der Waals surface area (Å²) in [7, 11) is 0. The summed E-state index contributed by atoms with van der Waals surface area (Å²) in [5.74, 6) is 0.710. The standard InChI is InChI=1S/C21H26ClN3O2.ClH/c22-19-8-1-2-9-20(19)27-15-11-21(26)25(16-17-6-3-4-13-24-17)18-7-5-12-23-14-10-18;/h1-4,6,8-9,13,18,23H,5,7,10-12,14-16H2;1H. The summed E-state index contributed by atoms with van der Waals surface area (Å²) in [4.78, 5) is 19.4. The molecule has 1 amide bonds. The molecule has 0 saturated carbocycles. The Balaban J connectivity index is 0.00000280. The van der Waals surface area contributed by atoms with Crippen LogP contribution in [0.15, 0.2) is 48.7 Å². The van der Waals surface area contributed by atoms with Crippen molar-refractivity contribution in [1.82, 2.24) is 15.2 Å². The van der Waals surface area contributed by atoms with E-state index < -0.39 is 0 Å². The molecule has 1 aromatic carbocycles. The van der Waals surface area contributed by atoms with Crippen LogP contribution in [-0.2, 0) is 11.3 Å². The monoisotopic (exact) mass is 423 g/mol. The Bertz CT molecular complexity index is 723.